The van der Waals surface area contributed by atoms with Crippen LogP contribution in [0.2, 0.25) is 0 Å². The lowest BCUT2D eigenvalue weighted by atomic mass is 10.2. The average molecular weight is 312 g/mol. The Hall–Kier alpha value is -3.23. The Morgan fingerprint density at radius 2 is 2.09 bits per heavy atom. The molecular weight excluding hydrogens is 300 g/mol. The number of hydrogen-bond donors (Lipinski definition) is 2. The van der Waals surface area contributed by atoms with E-state index in [1.54, 1.807) is 30.3 Å². The molecular formula is C14H12N6O3. The van der Waals surface area contributed by atoms with Gasteiger partial charge in [-0.3, -0.25) is 4.79 Å². The average Bonchev–Trinajstić information content (AvgIpc) is 3.12. The number of nitrogens with one attached hydrogen (secondary N) is 2. The van der Waals surface area contributed by atoms with Crippen LogP contribution in [0.5, 0.6) is 0 Å². The van der Waals surface area contributed by atoms with Gasteiger partial charge in [-0.05, 0) is 47.5 Å². The third-order valence-electron chi connectivity index (χ3n) is 3.58. The van der Waals surface area contributed by atoms with Crippen LogP contribution >= 0.6 is 0 Å². The number of carbonyl (C=O) groups is 1. The number of anilines is 1. The molecule has 116 valence electrons. The molecule has 1 aliphatic carbocycles. The first kappa shape index (κ1) is 13.4. The lowest BCUT2D eigenvalue weighted by Crippen LogP contribution is -2.16. The van der Waals surface area contributed by atoms with Crippen molar-refractivity contribution in [1.82, 2.24) is 25.4 Å². The number of benzene rings is 1. The van der Waals surface area contributed by atoms with Crippen LogP contribution in [-0.2, 0) is 0 Å². The van der Waals surface area contributed by atoms with Gasteiger partial charge < -0.3 is 9.84 Å². The second-order valence-corrected chi connectivity index (χ2v) is 5.31. The molecule has 0 atom stereocenters. The molecule has 3 aromatic rings. The second kappa shape index (κ2) is 5.20. The van der Waals surface area contributed by atoms with Gasteiger partial charge in [0.15, 0.2) is 5.69 Å². The van der Waals surface area contributed by atoms with E-state index in [2.05, 4.69) is 26.0 Å². The first-order valence-corrected chi connectivity index (χ1v) is 7.09. The summed E-state index contributed by atoms with van der Waals surface area (Å²) in [7, 11) is 0. The molecule has 9 nitrogen and oxygen atoms in total. The van der Waals surface area contributed by atoms with E-state index in [9.17, 15) is 9.59 Å². The Morgan fingerprint density at radius 3 is 2.74 bits per heavy atom. The maximum atomic E-state index is 12.1. The van der Waals surface area contributed by atoms with Crippen LogP contribution in [0.15, 0.2) is 39.6 Å². The summed E-state index contributed by atoms with van der Waals surface area (Å²) >= 11 is 0. The van der Waals surface area contributed by atoms with E-state index in [4.69, 9.17) is 4.52 Å². The van der Waals surface area contributed by atoms with E-state index in [1.807, 2.05) is 0 Å². The van der Waals surface area contributed by atoms with Crippen LogP contribution in [0.1, 0.15) is 35.0 Å². The predicted octanol–water partition coefficient (Wildman–Crippen LogP) is 1.07. The van der Waals surface area contributed by atoms with Crippen molar-refractivity contribution in [2.75, 3.05) is 5.32 Å². The zero-order valence-corrected chi connectivity index (χ0v) is 11.9. The number of hydrogen-bond acceptors (Lipinski definition) is 6. The van der Waals surface area contributed by atoms with E-state index < -0.39 is 5.69 Å². The topological polar surface area (TPSA) is 119 Å². The maximum absolute atomic E-state index is 12.1. The number of nitrogens with zero attached hydrogens (tertiary/aromatic N) is 4. The lowest BCUT2D eigenvalue weighted by molar-refractivity contribution is 0.101. The number of aromatic nitrogens is 5. The van der Waals surface area contributed by atoms with Gasteiger partial charge in [-0.25, -0.2) is 9.89 Å². The minimum Gasteiger partial charge on any atom is -0.360 e. The Bertz CT molecular complexity index is 903. The Balaban J connectivity index is 1.48. The molecule has 2 N–H and O–H groups in total. The highest BCUT2D eigenvalue weighted by Crippen LogP contribution is 2.40. The Kier molecular flexibility index (Phi) is 3.04. The number of rotatable bonds is 4. The predicted molar refractivity (Wildman–Crippen MR) is 78.4 cm³/mol. The normalized spacial score (nSPS) is 13.9. The van der Waals surface area contributed by atoms with Crippen molar-refractivity contribution in [2.24, 2.45) is 0 Å². The van der Waals surface area contributed by atoms with Crippen LogP contribution in [0.3, 0.4) is 0 Å². The molecule has 0 bridgehead atoms. The monoisotopic (exact) mass is 312 g/mol. The fraction of sp³-hybridized carbons (Fsp3) is 0.214. The zero-order valence-electron chi connectivity index (χ0n) is 11.9. The van der Waals surface area contributed by atoms with Gasteiger partial charge in [0.05, 0.1) is 5.69 Å². The van der Waals surface area contributed by atoms with E-state index in [1.165, 1.54) is 0 Å². The van der Waals surface area contributed by atoms with Gasteiger partial charge in [0.1, 0.15) is 5.76 Å². The van der Waals surface area contributed by atoms with Gasteiger partial charge in [0.25, 0.3) is 5.91 Å². The summed E-state index contributed by atoms with van der Waals surface area (Å²) in [6.45, 7) is 0. The van der Waals surface area contributed by atoms with Crippen molar-refractivity contribution in [3.8, 4) is 5.69 Å². The summed E-state index contributed by atoms with van der Waals surface area (Å²) in [5.74, 6) is 0.826. The lowest BCUT2D eigenvalue weighted by Gasteiger charge is -2.04. The van der Waals surface area contributed by atoms with Crippen LogP contribution in [0, 0.1) is 0 Å². The van der Waals surface area contributed by atoms with Gasteiger partial charge in [-0.15, -0.1) is 0 Å². The molecule has 1 amide bonds. The van der Waals surface area contributed by atoms with Crippen molar-refractivity contribution in [2.45, 2.75) is 18.8 Å². The number of aromatic amines is 1. The number of tetrazole rings is 1. The van der Waals surface area contributed by atoms with Gasteiger partial charge >= 0.3 is 5.69 Å². The van der Waals surface area contributed by atoms with Crippen molar-refractivity contribution >= 4 is 11.6 Å². The molecule has 1 fully saturated rings. The molecule has 0 unspecified atom stereocenters. The quantitative estimate of drug-likeness (QED) is 0.744. The first-order valence-electron chi connectivity index (χ1n) is 7.09. The molecule has 2 heterocycles. The van der Waals surface area contributed by atoms with E-state index in [0.29, 0.717) is 17.3 Å². The van der Waals surface area contributed by atoms with E-state index in [-0.39, 0.29) is 11.6 Å². The highest BCUT2D eigenvalue weighted by molar-refractivity contribution is 6.02. The molecule has 1 aliphatic rings. The first-order chi connectivity index (χ1) is 11.2. The summed E-state index contributed by atoms with van der Waals surface area (Å²) in [4.78, 5) is 23.5. The van der Waals surface area contributed by atoms with Gasteiger partial charge in [0, 0.05) is 17.7 Å². The van der Waals surface area contributed by atoms with Crippen LogP contribution in [-0.4, -0.2) is 31.3 Å². The molecule has 0 aliphatic heterocycles. The van der Waals surface area contributed by atoms with Crippen LogP contribution < -0.4 is 11.0 Å². The summed E-state index contributed by atoms with van der Waals surface area (Å²) in [5, 5.41) is 15.8. The number of carbonyl (C=O) groups excluding carboxylic acids is 1. The van der Waals surface area contributed by atoms with Crippen molar-refractivity contribution < 1.29 is 9.32 Å². The molecule has 0 radical (unpaired) electrons. The second-order valence-electron chi connectivity index (χ2n) is 5.31. The minimum atomic E-state index is -0.433. The van der Waals surface area contributed by atoms with Crippen LogP contribution in [0.4, 0.5) is 5.69 Å². The molecule has 1 saturated carbocycles. The zero-order chi connectivity index (χ0) is 15.8. The largest absolute Gasteiger partial charge is 0.365 e. The molecule has 0 spiro atoms. The van der Waals surface area contributed by atoms with Gasteiger partial charge in [-0.1, -0.05) is 5.16 Å². The molecule has 9 heteroatoms. The van der Waals surface area contributed by atoms with Crippen molar-refractivity contribution in [1.29, 1.82) is 0 Å². The maximum Gasteiger partial charge on any atom is 0.365 e. The number of amides is 1. The van der Waals surface area contributed by atoms with Crippen LogP contribution in [0.25, 0.3) is 5.69 Å². The fourth-order valence-electron chi connectivity index (χ4n) is 2.20. The molecule has 2 aromatic heterocycles. The summed E-state index contributed by atoms with van der Waals surface area (Å²) in [5.41, 5.74) is 0.936. The molecule has 1 aromatic carbocycles. The molecule has 4 rings (SSSR count). The van der Waals surface area contributed by atoms with E-state index >= 15 is 0 Å². The third kappa shape index (κ3) is 2.63. The highest BCUT2D eigenvalue weighted by atomic mass is 16.5. The fourth-order valence-corrected chi connectivity index (χ4v) is 2.20. The van der Waals surface area contributed by atoms with Gasteiger partial charge in [0.2, 0.25) is 0 Å². The van der Waals surface area contributed by atoms with Crippen molar-refractivity contribution in [3.63, 3.8) is 0 Å². The molecule has 0 saturated heterocycles. The summed E-state index contributed by atoms with van der Waals surface area (Å²) < 4.78 is 6.28. The standard InChI is InChI=1S/C14H12N6O3/c21-13(11-7-12(23-17-11)8-1-2-8)15-9-3-5-10(6-4-9)20-14(22)16-18-19-20/h3-8H,1-2H2,(H,15,21)(H,16,19,22). The summed E-state index contributed by atoms with van der Waals surface area (Å²) in [6, 6.07) is 8.30. The number of H-pyrrole nitrogens is 1. The Morgan fingerprint density at radius 1 is 1.30 bits per heavy atom. The van der Waals surface area contributed by atoms with Crippen molar-refractivity contribution in [3.05, 3.63) is 52.3 Å². The van der Waals surface area contributed by atoms with Gasteiger partial charge in [-0.2, -0.15) is 4.68 Å². The Labute approximate surface area is 129 Å². The summed E-state index contributed by atoms with van der Waals surface area (Å²) in [6.07, 6.45) is 2.16. The SMILES string of the molecule is O=C(Nc1ccc(-n2nn[nH]c2=O)cc1)c1cc(C2CC2)on1. The highest BCUT2D eigenvalue weighted by Gasteiger charge is 2.28. The van der Waals surface area contributed by atoms with E-state index in [0.717, 1.165) is 23.3 Å². The molecule has 23 heavy (non-hydrogen) atoms. The smallest absolute Gasteiger partial charge is 0.360 e. The minimum absolute atomic E-state index is 0.253. The third-order valence-corrected chi connectivity index (χ3v) is 3.58.